The molecule has 7 nitrogen and oxygen atoms in total. The third-order valence-corrected chi connectivity index (χ3v) is 6.48. The predicted molar refractivity (Wildman–Crippen MR) is 127 cm³/mol. The number of amides is 2. The number of H-pyrrole nitrogens is 1. The Hall–Kier alpha value is -3.03. The van der Waals surface area contributed by atoms with E-state index in [-0.39, 0.29) is 29.6 Å². The van der Waals surface area contributed by atoms with Crippen LogP contribution >= 0.6 is 23.2 Å². The van der Waals surface area contributed by atoms with Crippen LogP contribution in [0, 0.1) is 6.92 Å². The van der Waals surface area contributed by atoms with E-state index in [1.807, 2.05) is 19.9 Å². The number of halogens is 2. The van der Waals surface area contributed by atoms with Gasteiger partial charge in [-0.3, -0.25) is 14.4 Å². The number of carbonyl (C=O) groups excluding carboxylic acids is 2. The summed E-state index contributed by atoms with van der Waals surface area (Å²) >= 11 is 12.5. The first-order chi connectivity index (χ1) is 15.2. The van der Waals surface area contributed by atoms with Crippen molar-refractivity contribution in [2.45, 2.75) is 26.3 Å². The largest absolute Gasteiger partial charge is 0.376 e. The van der Waals surface area contributed by atoms with Gasteiger partial charge in [-0.2, -0.15) is 0 Å². The third kappa shape index (κ3) is 3.94. The van der Waals surface area contributed by atoms with Gasteiger partial charge in [0.25, 0.3) is 11.5 Å². The van der Waals surface area contributed by atoms with Gasteiger partial charge in [0.1, 0.15) is 0 Å². The molecule has 0 bridgehead atoms. The van der Waals surface area contributed by atoms with Gasteiger partial charge < -0.3 is 20.9 Å². The highest BCUT2D eigenvalue weighted by Crippen LogP contribution is 2.37. The average Bonchev–Trinajstić information content (AvgIpc) is 2.72. The molecule has 0 spiro atoms. The summed E-state index contributed by atoms with van der Waals surface area (Å²) in [6.07, 6.45) is 1.98. The van der Waals surface area contributed by atoms with Crippen LogP contribution in [0.3, 0.4) is 0 Å². The molecule has 2 amide bonds. The van der Waals surface area contributed by atoms with Crippen molar-refractivity contribution in [1.29, 1.82) is 0 Å². The number of benzene rings is 2. The molecule has 1 aromatic heterocycles. The first-order valence-corrected chi connectivity index (χ1v) is 10.9. The Labute approximate surface area is 194 Å². The Balaban J connectivity index is 1.58. The van der Waals surface area contributed by atoms with Crippen molar-refractivity contribution in [2.75, 3.05) is 18.4 Å². The molecule has 0 saturated carbocycles. The van der Waals surface area contributed by atoms with Crippen molar-refractivity contribution < 1.29 is 9.59 Å². The van der Waals surface area contributed by atoms with Gasteiger partial charge in [-0.15, -0.1) is 0 Å². The Morgan fingerprint density at radius 3 is 2.69 bits per heavy atom. The first-order valence-electron chi connectivity index (χ1n) is 10.1. The molecular weight excluding hydrogens is 451 g/mol. The van der Waals surface area contributed by atoms with E-state index < -0.39 is 5.91 Å². The van der Waals surface area contributed by atoms with Crippen LogP contribution in [-0.2, 0) is 11.2 Å². The molecule has 4 rings (SSSR count). The summed E-state index contributed by atoms with van der Waals surface area (Å²) in [5.41, 5.74) is 8.75. The van der Waals surface area contributed by atoms with Gasteiger partial charge in [-0.25, -0.2) is 0 Å². The van der Waals surface area contributed by atoms with Crippen LogP contribution in [0.25, 0.3) is 10.8 Å². The summed E-state index contributed by atoms with van der Waals surface area (Å²) in [5, 5.41) is 5.09. The van der Waals surface area contributed by atoms with Crippen molar-refractivity contribution in [1.82, 2.24) is 9.88 Å². The Morgan fingerprint density at radius 2 is 1.97 bits per heavy atom. The van der Waals surface area contributed by atoms with Crippen LogP contribution in [0.5, 0.6) is 0 Å². The van der Waals surface area contributed by atoms with E-state index in [1.54, 1.807) is 23.1 Å². The predicted octanol–water partition coefficient (Wildman–Crippen LogP) is 3.80. The Bertz CT molecular complexity index is 1320. The molecule has 1 aliphatic rings. The SMILES string of the molecule is Cc1cc2c(=O)[nH]cc(C(N)=O)c2cc1NCC(=O)N1CCc2cc(Cl)cc(Cl)c2[C@@H]1C. The maximum absolute atomic E-state index is 13.0. The van der Waals surface area contributed by atoms with Gasteiger partial charge >= 0.3 is 0 Å². The molecule has 0 fully saturated rings. The number of aromatic amines is 1. The second-order valence-corrected chi connectivity index (χ2v) is 8.78. The third-order valence-electron chi connectivity index (χ3n) is 5.95. The summed E-state index contributed by atoms with van der Waals surface area (Å²) in [4.78, 5) is 41.3. The van der Waals surface area contributed by atoms with Crippen molar-refractivity contribution in [3.05, 3.63) is 73.1 Å². The minimum absolute atomic E-state index is 0.0479. The zero-order valence-corrected chi connectivity index (χ0v) is 19.1. The Kier molecular flexibility index (Phi) is 5.88. The van der Waals surface area contributed by atoms with Gasteiger partial charge in [0.05, 0.1) is 18.2 Å². The van der Waals surface area contributed by atoms with Gasteiger partial charge in [0.15, 0.2) is 0 Å². The number of anilines is 1. The molecule has 1 atom stereocenters. The summed E-state index contributed by atoms with van der Waals surface area (Å²) in [5.74, 6) is -0.732. The molecule has 0 radical (unpaired) electrons. The monoisotopic (exact) mass is 472 g/mol. The molecule has 3 aromatic rings. The van der Waals surface area contributed by atoms with Crippen LogP contribution < -0.4 is 16.6 Å². The highest BCUT2D eigenvalue weighted by molar-refractivity contribution is 6.35. The summed E-state index contributed by atoms with van der Waals surface area (Å²) < 4.78 is 0. The van der Waals surface area contributed by atoms with Crippen LogP contribution in [0.1, 0.15) is 40.0 Å². The van der Waals surface area contributed by atoms with E-state index in [2.05, 4.69) is 10.3 Å². The van der Waals surface area contributed by atoms with Crippen LogP contribution in [0.2, 0.25) is 10.0 Å². The number of aromatic nitrogens is 1. The molecule has 32 heavy (non-hydrogen) atoms. The van der Waals surface area contributed by atoms with Crippen molar-refractivity contribution >= 4 is 51.5 Å². The normalized spacial score (nSPS) is 15.5. The molecule has 1 aliphatic heterocycles. The van der Waals surface area contributed by atoms with E-state index in [0.717, 1.165) is 16.7 Å². The van der Waals surface area contributed by atoms with E-state index >= 15 is 0 Å². The molecule has 166 valence electrons. The number of hydrogen-bond donors (Lipinski definition) is 3. The second-order valence-electron chi connectivity index (χ2n) is 7.94. The van der Waals surface area contributed by atoms with E-state index in [1.165, 1.54) is 6.20 Å². The summed E-state index contributed by atoms with van der Waals surface area (Å²) in [6, 6.07) is 6.77. The number of pyridine rings is 1. The fourth-order valence-electron chi connectivity index (χ4n) is 4.32. The first kappa shape index (κ1) is 22.2. The number of fused-ring (bicyclic) bond motifs is 2. The van der Waals surface area contributed by atoms with E-state index in [9.17, 15) is 14.4 Å². The van der Waals surface area contributed by atoms with Gasteiger partial charge in [-0.1, -0.05) is 23.2 Å². The highest BCUT2D eigenvalue weighted by atomic mass is 35.5. The quantitative estimate of drug-likeness (QED) is 0.536. The maximum atomic E-state index is 13.0. The number of aryl methyl sites for hydroxylation is 1. The van der Waals surface area contributed by atoms with Crippen molar-refractivity contribution in [2.24, 2.45) is 5.73 Å². The lowest BCUT2D eigenvalue weighted by Gasteiger charge is -2.36. The number of primary amides is 1. The smallest absolute Gasteiger partial charge is 0.255 e. The highest BCUT2D eigenvalue weighted by Gasteiger charge is 2.29. The number of nitrogens with two attached hydrogens (primary N) is 1. The number of nitrogens with one attached hydrogen (secondary N) is 2. The minimum atomic E-state index is -0.644. The number of hydrogen-bond acceptors (Lipinski definition) is 4. The fraction of sp³-hybridized carbons (Fsp3) is 0.261. The fourth-order valence-corrected chi connectivity index (χ4v) is 5.02. The standard InChI is InChI=1S/C23H22Cl2N4O3/c1-11-5-16-15(17(22(26)31)9-28-23(16)32)8-19(11)27-10-20(30)29-4-3-13-6-14(24)7-18(25)21(13)12(29)2/h5-9,12,27H,3-4,10H2,1-2H3,(H2,26,31)(H,28,32)/t12-/m0/s1. The van der Waals surface area contributed by atoms with E-state index in [0.29, 0.717) is 39.5 Å². The Morgan fingerprint density at radius 1 is 1.22 bits per heavy atom. The zero-order chi connectivity index (χ0) is 23.2. The summed E-state index contributed by atoms with van der Waals surface area (Å²) in [6.45, 7) is 4.38. The molecule has 2 heterocycles. The molecule has 0 aliphatic carbocycles. The number of carbonyl (C=O) groups is 2. The van der Waals surface area contributed by atoms with Crippen molar-refractivity contribution in [3.8, 4) is 0 Å². The molecule has 9 heteroatoms. The van der Waals surface area contributed by atoms with Crippen molar-refractivity contribution in [3.63, 3.8) is 0 Å². The molecule has 0 unspecified atom stereocenters. The van der Waals surface area contributed by atoms with Gasteiger partial charge in [0.2, 0.25) is 5.91 Å². The molecular formula is C23H22Cl2N4O3. The lowest BCUT2D eigenvalue weighted by Crippen LogP contribution is -2.42. The number of rotatable bonds is 4. The van der Waals surface area contributed by atoms with Crippen LogP contribution in [0.15, 0.2) is 35.3 Å². The maximum Gasteiger partial charge on any atom is 0.255 e. The average molecular weight is 473 g/mol. The second kappa shape index (κ2) is 8.48. The lowest BCUT2D eigenvalue weighted by atomic mass is 9.93. The van der Waals surface area contributed by atoms with Crippen LogP contribution in [0.4, 0.5) is 5.69 Å². The topological polar surface area (TPSA) is 108 Å². The van der Waals surface area contributed by atoms with Gasteiger partial charge in [-0.05, 0) is 61.2 Å². The van der Waals surface area contributed by atoms with Gasteiger partial charge in [0, 0.05) is 39.2 Å². The lowest BCUT2D eigenvalue weighted by molar-refractivity contribution is -0.131. The molecule has 4 N–H and O–H groups in total. The molecule has 0 saturated heterocycles. The minimum Gasteiger partial charge on any atom is -0.376 e. The molecule has 2 aromatic carbocycles. The van der Waals surface area contributed by atoms with Crippen LogP contribution in [-0.4, -0.2) is 34.8 Å². The zero-order valence-electron chi connectivity index (χ0n) is 17.6. The van der Waals surface area contributed by atoms with E-state index in [4.69, 9.17) is 28.9 Å². The summed E-state index contributed by atoms with van der Waals surface area (Å²) in [7, 11) is 0. The number of nitrogens with zero attached hydrogens (tertiary/aromatic N) is 1.